The number of nitrogens with one attached hydrogen (secondary N) is 1. The first kappa shape index (κ1) is 21.4. The van der Waals surface area contributed by atoms with Gasteiger partial charge < -0.3 is 14.5 Å². The van der Waals surface area contributed by atoms with Gasteiger partial charge in [0.2, 0.25) is 11.8 Å². The van der Waals surface area contributed by atoms with Gasteiger partial charge in [-0.25, -0.2) is 9.98 Å². The quantitative estimate of drug-likeness (QED) is 0.475. The maximum absolute atomic E-state index is 5.92. The van der Waals surface area contributed by atoms with Crippen LogP contribution in [-0.4, -0.2) is 42.1 Å². The van der Waals surface area contributed by atoms with Gasteiger partial charge in [0, 0.05) is 22.9 Å². The molecule has 2 aliphatic rings. The van der Waals surface area contributed by atoms with Crippen molar-refractivity contribution in [3.8, 4) is 0 Å². The topological polar surface area (TPSA) is 59.0 Å². The Bertz CT molecular complexity index is 1390. The highest BCUT2D eigenvalue weighted by atomic mass is 16.5. The molecule has 4 aromatic rings. The van der Waals surface area contributed by atoms with Crippen molar-refractivity contribution in [2.24, 2.45) is 9.98 Å². The van der Waals surface area contributed by atoms with Crippen LogP contribution in [0.3, 0.4) is 0 Å². The predicted octanol–water partition coefficient (Wildman–Crippen LogP) is 3.81. The summed E-state index contributed by atoms with van der Waals surface area (Å²) in [6.45, 7) is 1.21. The summed E-state index contributed by atoms with van der Waals surface area (Å²) >= 11 is 0. The highest BCUT2D eigenvalue weighted by Gasteiger charge is 2.19. The Morgan fingerprint density at radius 1 is 0.629 bits per heavy atom. The van der Waals surface area contributed by atoms with Gasteiger partial charge in [0.15, 0.2) is 0 Å². The molecule has 0 radical (unpaired) electrons. The zero-order valence-electron chi connectivity index (χ0n) is 19.4. The van der Waals surface area contributed by atoms with Gasteiger partial charge in [0.1, 0.15) is 13.2 Å². The molecular weight excluding hydrogens is 434 g/mol. The molecule has 0 bridgehead atoms. The second-order valence-electron chi connectivity index (χ2n) is 9.03. The van der Waals surface area contributed by atoms with Crippen molar-refractivity contribution in [1.29, 1.82) is 0 Å². The molecule has 3 aromatic carbocycles. The lowest BCUT2D eigenvalue weighted by atomic mass is 10.1. The van der Waals surface area contributed by atoms with Crippen LogP contribution in [0.4, 0.5) is 0 Å². The average Bonchev–Trinajstić information content (AvgIpc) is 3.61. The standard InChI is InChI=1S/C30H27N3O2/c1-3-9-21(10-4-1)15-23-19-34-29(31-23)17-27-25-13-7-8-14-26(25)28(33-27)18-30-32-24(20-35-30)16-22-11-5-2-6-12-22/h1-14,17-18,23-24,33H,15-16,19-20H2/b27-17-,28-18-. The van der Waals surface area contributed by atoms with Crippen LogP contribution in [0, 0.1) is 0 Å². The molecule has 1 N–H and O–H groups in total. The summed E-state index contributed by atoms with van der Waals surface area (Å²) in [6, 6.07) is 29.5. The number of rotatable bonds is 6. The molecule has 0 spiro atoms. The number of nitrogens with zero attached hydrogens (tertiary/aromatic N) is 2. The van der Waals surface area contributed by atoms with E-state index in [9.17, 15) is 0 Å². The first-order valence-electron chi connectivity index (χ1n) is 12.1. The number of ether oxygens (including phenoxy) is 2. The van der Waals surface area contributed by atoms with Gasteiger partial charge in [-0.1, -0.05) is 84.9 Å². The van der Waals surface area contributed by atoms with E-state index in [1.807, 2.05) is 36.4 Å². The minimum absolute atomic E-state index is 0.138. The summed E-state index contributed by atoms with van der Waals surface area (Å²) in [5.41, 5.74) is 2.55. The van der Waals surface area contributed by atoms with Crippen molar-refractivity contribution in [3.63, 3.8) is 0 Å². The second kappa shape index (κ2) is 9.63. The monoisotopic (exact) mass is 461 g/mol. The predicted molar refractivity (Wildman–Crippen MR) is 141 cm³/mol. The maximum Gasteiger partial charge on any atom is 0.211 e. The molecule has 0 fully saturated rings. The van der Waals surface area contributed by atoms with E-state index in [0.717, 1.165) is 34.3 Å². The number of hydrogen-bond acceptors (Lipinski definition) is 4. The van der Waals surface area contributed by atoms with E-state index in [1.54, 1.807) is 0 Å². The fraction of sp³-hybridized carbons (Fsp3) is 0.200. The van der Waals surface area contributed by atoms with Crippen LogP contribution < -0.4 is 10.7 Å². The van der Waals surface area contributed by atoms with E-state index in [-0.39, 0.29) is 12.1 Å². The molecule has 0 saturated heterocycles. The van der Waals surface area contributed by atoms with Crippen molar-refractivity contribution < 1.29 is 9.47 Å². The number of benzene rings is 3. The lowest BCUT2D eigenvalue weighted by Gasteiger charge is -2.03. The van der Waals surface area contributed by atoms with Gasteiger partial charge in [-0.3, -0.25) is 0 Å². The fourth-order valence-electron chi connectivity index (χ4n) is 4.72. The summed E-state index contributed by atoms with van der Waals surface area (Å²) in [7, 11) is 0. The number of H-pyrrole nitrogens is 1. The molecule has 0 saturated carbocycles. The molecule has 6 rings (SSSR count). The van der Waals surface area contributed by atoms with Crippen molar-refractivity contribution in [2.75, 3.05) is 13.2 Å². The fourth-order valence-corrected chi connectivity index (χ4v) is 4.72. The van der Waals surface area contributed by atoms with Crippen LogP contribution in [0.25, 0.3) is 22.9 Å². The number of aliphatic imine (C=N–C) groups is 2. The smallest absolute Gasteiger partial charge is 0.211 e. The Kier molecular flexibility index (Phi) is 5.89. The average molecular weight is 462 g/mol. The Morgan fingerprint density at radius 3 is 1.51 bits per heavy atom. The molecule has 0 amide bonds. The number of aromatic amines is 1. The van der Waals surface area contributed by atoms with Crippen LogP contribution in [0.5, 0.6) is 0 Å². The minimum atomic E-state index is 0.138. The Hall–Kier alpha value is -4.12. The normalized spacial score (nSPS) is 20.6. The highest BCUT2D eigenvalue weighted by Crippen LogP contribution is 2.14. The molecule has 0 aliphatic carbocycles. The van der Waals surface area contributed by atoms with Gasteiger partial charge in [0.25, 0.3) is 0 Å². The van der Waals surface area contributed by atoms with Crippen LogP contribution in [-0.2, 0) is 22.3 Å². The second-order valence-corrected chi connectivity index (χ2v) is 9.03. The van der Waals surface area contributed by atoms with Crippen LogP contribution in [0.1, 0.15) is 11.1 Å². The summed E-state index contributed by atoms with van der Waals surface area (Å²) in [5, 5.41) is 4.20. The molecular formula is C30H27N3O2. The van der Waals surface area contributed by atoms with E-state index in [1.165, 1.54) is 11.1 Å². The lowest BCUT2D eigenvalue weighted by molar-refractivity contribution is 0.320. The summed E-state index contributed by atoms with van der Waals surface area (Å²) in [4.78, 5) is 13.2. The van der Waals surface area contributed by atoms with E-state index in [0.29, 0.717) is 25.0 Å². The zero-order chi connectivity index (χ0) is 23.5. The van der Waals surface area contributed by atoms with E-state index in [2.05, 4.69) is 65.6 Å². The van der Waals surface area contributed by atoms with E-state index in [4.69, 9.17) is 19.5 Å². The maximum atomic E-state index is 5.92. The molecule has 35 heavy (non-hydrogen) atoms. The molecule has 2 atom stereocenters. The summed E-state index contributed by atoms with van der Waals surface area (Å²) in [6.07, 6.45) is 5.76. The van der Waals surface area contributed by atoms with Crippen molar-refractivity contribution >= 4 is 34.7 Å². The van der Waals surface area contributed by atoms with Crippen molar-refractivity contribution in [3.05, 3.63) is 107 Å². The first-order valence-corrected chi connectivity index (χ1v) is 12.1. The highest BCUT2D eigenvalue weighted by molar-refractivity contribution is 6.09. The Morgan fingerprint density at radius 2 is 1.06 bits per heavy atom. The first-order chi connectivity index (χ1) is 17.3. The van der Waals surface area contributed by atoms with Crippen LogP contribution >= 0.6 is 0 Å². The van der Waals surface area contributed by atoms with E-state index >= 15 is 0 Å². The van der Waals surface area contributed by atoms with Gasteiger partial charge in [0.05, 0.1) is 22.8 Å². The molecule has 2 aliphatic heterocycles. The SMILES string of the molecule is C(/C1=NC(Cc2ccccc2)CO1)=c1/[nH]/c(=C\C2=NC(Cc3ccccc3)CO2)c2ccccc12. The molecule has 2 unspecified atom stereocenters. The van der Waals surface area contributed by atoms with Crippen LogP contribution in [0.2, 0.25) is 0 Å². The number of fused-ring (bicyclic) bond motifs is 1. The van der Waals surface area contributed by atoms with Gasteiger partial charge in [-0.2, -0.15) is 0 Å². The molecule has 5 heteroatoms. The number of hydrogen-bond donors (Lipinski definition) is 1. The van der Waals surface area contributed by atoms with E-state index < -0.39 is 0 Å². The number of aromatic nitrogens is 1. The van der Waals surface area contributed by atoms with Gasteiger partial charge in [-0.05, 0) is 24.0 Å². The largest absolute Gasteiger partial charge is 0.476 e. The Balaban J connectivity index is 1.27. The molecule has 1 aromatic heterocycles. The third-order valence-corrected chi connectivity index (χ3v) is 6.41. The minimum Gasteiger partial charge on any atom is -0.476 e. The lowest BCUT2D eigenvalue weighted by Crippen LogP contribution is -2.14. The zero-order valence-corrected chi connectivity index (χ0v) is 19.4. The van der Waals surface area contributed by atoms with Crippen molar-refractivity contribution in [2.45, 2.75) is 24.9 Å². The summed E-state index contributed by atoms with van der Waals surface area (Å²) in [5.74, 6) is 1.34. The Labute approximate surface area is 204 Å². The molecule has 3 heterocycles. The van der Waals surface area contributed by atoms with Crippen LogP contribution in [0.15, 0.2) is 94.9 Å². The third-order valence-electron chi connectivity index (χ3n) is 6.41. The molecule has 174 valence electrons. The van der Waals surface area contributed by atoms with Gasteiger partial charge in [-0.15, -0.1) is 0 Å². The molecule has 5 nitrogen and oxygen atoms in total. The van der Waals surface area contributed by atoms with Gasteiger partial charge >= 0.3 is 0 Å². The third kappa shape index (κ3) is 4.90. The van der Waals surface area contributed by atoms with Crippen molar-refractivity contribution in [1.82, 2.24) is 4.98 Å². The summed E-state index contributed by atoms with van der Waals surface area (Å²) < 4.78 is 11.8.